The second-order valence-electron chi connectivity index (χ2n) is 3.20. The minimum atomic E-state index is -4.64. The zero-order valence-corrected chi connectivity index (χ0v) is 10.2. The molecule has 0 aromatic carbocycles. The lowest BCUT2D eigenvalue weighted by Gasteiger charge is -2.03. The van der Waals surface area contributed by atoms with Crippen LogP contribution in [0.4, 0.5) is 0 Å². The second kappa shape index (κ2) is 10.3. The second-order valence-corrected chi connectivity index (χ2v) is 4.23. The highest BCUT2D eigenvalue weighted by Crippen LogP contribution is 2.25. The third-order valence-electron chi connectivity index (χ3n) is 1.58. The van der Waals surface area contributed by atoms with Gasteiger partial charge in [0.15, 0.2) is 0 Å². The number of rotatable bonds is 5. The highest BCUT2D eigenvalue weighted by Gasteiger charge is 2.00. The van der Waals surface area contributed by atoms with Gasteiger partial charge in [0, 0.05) is 6.04 Å². The molecule has 0 radical (unpaired) electrons. The smallest absolute Gasteiger partial charge is 0.324 e. The molecule has 5 N–H and O–H groups in total. The van der Waals surface area contributed by atoms with Crippen LogP contribution < -0.4 is 5.73 Å². The molecule has 1 atom stereocenters. The Morgan fingerprint density at radius 3 is 2.13 bits per heavy atom. The van der Waals surface area contributed by atoms with E-state index >= 15 is 0 Å². The van der Waals surface area contributed by atoms with Gasteiger partial charge in [-0.05, 0) is 13.3 Å². The van der Waals surface area contributed by atoms with Gasteiger partial charge in [0.1, 0.15) is 0 Å². The summed E-state index contributed by atoms with van der Waals surface area (Å²) in [5.41, 5.74) is 5.74. The monoisotopic (exact) mass is 239 g/mol. The van der Waals surface area contributed by atoms with Crippen LogP contribution in [0.15, 0.2) is 12.2 Å². The van der Waals surface area contributed by atoms with Gasteiger partial charge < -0.3 is 20.4 Å². The number of hydrogen-bond donors (Lipinski definition) is 4. The van der Waals surface area contributed by atoms with Crippen molar-refractivity contribution >= 4 is 7.82 Å². The molecule has 6 heteroatoms. The molecule has 0 heterocycles. The Morgan fingerprint density at radius 1 is 1.33 bits per heavy atom. The van der Waals surface area contributed by atoms with Crippen molar-refractivity contribution in [1.29, 1.82) is 0 Å². The average Bonchev–Trinajstić information content (AvgIpc) is 2.02. The molecule has 0 bridgehead atoms. The van der Waals surface area contributed by atoms with E-state index in [0.29, 0.717) is 0 Å². The molecule has 15 heavy (non-hydrogen) atoms. The van der Waals surface area contributed by atoms with E-state index in [9.17, 15) is 0 Å². The molecule has 0 saturated carbocycles. The molecule has 0 rings (SSSR count). The molecule has 0 aliphatic carbocycles. The summed E-state index contributed by atoms with van der Waals surface area (Å²) in [6, 6.07) is 0.288. The maximum absolute atomic E-state index is 8.88. The fraction of sp³-hybridized carbons (Fsp3) is 0.778. The molecule has 92 valence electrons. The van der Waals surface area contributed by atoms with Crippen LogP contribution in [0.25, 0.3) is 0 Å². The topological polar surface area (TPSA) is 104 Å². The molecule has 5 nitrogen and oxygen atoms in total. The van der Waals surface area contributed by atoms with E-state index in [0.717, 1.165) is 6.42 Å². The van der Waals surface area contributed by atoms with Gasteiger partial charge in [0.05, 0.1) is 0 Å². The summed E-state index contributed by atoms with van der Waals surface area (Å²) in [6.07, 6.45) is 9.08. The Bertz CT molecular complexity index is 194. The number of phosphoric acid groups is 1. The summed E-state index contributed by atoms with van der Waals surface area (Å²) in [5, 5.41) is 0. The van der Waals surface area contributed by atoms with Crippen LogP contribution in [-0.2, 0) is 4.57 Å². The van der Waals surface area contributed by atoms with E-state index in [2.05, 4.69) is 13.0 Å². The van der Waals surface area contributed by atoms with Crippen LogP contribution in [-0.4, -0.2) is 20.7 Å². The molecule has 0 aromatic heterocycles. The highest BCUT2D eigenvalue weighted by atomic mass is 31.2. The minimum absolute atomic E-state index is 0.288. The largest absolute Gasteiger partial charge is 0.466 e. The Hall–Kier alpha value is -0.190. The van der Waals surface area contributed by atoms with Gasteiger partial charge in [0.2, 0.25) is 0 Å². The van der Waals surface area contributed by atoms with Crippen molar-refractivity contribution in [3.05, 3.63) is 12.2 Å². The maximum atomic E-state index is 8.88. The third-order valence-corrected chi connectivity index (χ3v) is 1.58. The lowest BCUT2D eigenvalue weighted by Crippen LogP contribution is -2.15. The molecular formula is C9H22NO4P. The van der Waals surface area contributed by atoms with Crippen molar-refractivity contribution in [3.8, 4) is 0 Å². The van der Waals surface area contributed by atoms with Crippen LogP contribution >= 0.6 is 7.82 Å². The maximum Gasteiger partial charge on any atom is 0.466 e. The Morgan fingerprint density at radius 2 is 1.80 bits per heavy atom. The van der Waals surface area contributed by atoms with Crippen molar-refractivity contribution in [2.24, 2.45) is 5.73 Å². The van der Waals surface area contributed by atoms with Gasteiger partial charge in [0.25, 0.3) is 0 Å². The van der Waals surface area contributed by atoms with Crippen molar-refractivity contribution in [2.45, 2.75) is 45.6 Å². The number of hydrogen-bond acceptors (Lipinski definition) is 2. The Kier molecular flexibility index (Phi) is 11.9. The van der Waals surface area contributed by atoms with Gasteiger partial charge in [-0.1, -0.05) is 38.3 Å². The van der Waals surface area contributed by atoms with Gasteiger partial charge in [-0.3, -0.25) is 0 Å². The van der Waals surface area contributed by atoms with Crippen molar-refractivity contribution in [1.82, 2.24) is 0 Å². The SMILES string of the molecule is CC=CC(N)CCCCC.O=P(O)(O)O. The molecular weight excluding hydrogens is 217 g/mol. The number of unbranched alkanes of at least 4 members (excludes halogenated alkanes) is 2. The Labute approximate surface area is 91.2 Å². The zero-order chi connectivity index (χ0) is 12.3. The molecule has 0 spiro atoms. The van der Waals surface area contributed by atoms with Crippen LogP contribution in [0, 0.1) is 0 Å². The predicted octanol–water partition coefficient (Wildman–Crippen LogP) is 1.54. The fourth-order valence-corrected chi connectivity index (χ4v) is 0.973. The first-order valence-corrected chi connectivity index (χ1v) is 6.54. The molecule has 0 aliphatic rings. The van der Waals surface area contributed by atoms with Gasteiger partial charge in [-0.15, -0.1) is 0 Å². The average molecular weight is 239 g/mol. The zero-order valence-electron chi connectivity index (χ0n) is 9.33. The van der Waals surface area contributed by atoms with Crippen molar-refractivity contribution in [2.75, 3.05) is 0 Å². The summed E-state index contributed by atoms with van der Waals surface area (Å²) < 4.78 is 8.88. The summed E-state index contributed by atoms with van der Waals surface area (Å²) in [5.74, 6) is 0. The minimum Gasteiger partial charge on any atom is -0.324 e. The first-order chi connectivity index (χ1) is 6.81. The van der Waals surface area contributed by atoms with E-state index in [4.69, 9.17) is 25.0 Å². The number of nitrogens with two attached hydrogens (primary N) is 1. The summed E-state index contributed by atoms with van der Waals surface area (Å²) in [4.78, 5) is 21.6. The van der Waals surface area contributed by atoms with Gasteiger partial charge in [-0.2, -0.15) is 0 Å². The quantitative estimate of drug-likeness (QED) is 0.331. The highest BCUT2D eigenvalue weighted by molar-refractivity contribution is 7.45. The number of allylic oxidation sites excluding steroid dienone is 1. The van der Waals surface area contributed by atoms with Gasteiger partial charge >= 0.3 is 7.82 Å². The molecule has 1 unspecified atom stereocenters. The van der Waals surface area contributed by atoms with Gasteiger partial charge in [-0.25, -0.2) is 4.57 Å². The van der Waals surface area contributed by atoms with Crippen LogP contribution in [0.3, 0.4) is 0 Å². The third kappa shape index (κ3) is 31.6. The van der Waals surface area contributed by atoms with E-state index in [1.807, 2.05) is 13.0 Å². The molecule has 0 fully saturated rings. The van der Waals surface area contributed by atoms with Crippen molar-refractivity contribution in [3.63, 3.8) is 0 Å². The first-order valence-electron chi connectivity index (χ1n) is 4.98. The van der Waals surface area contributed by atoms with E-state index in [-0.39, 0.29) is 6.04 Å². The van der Waals surface area contributed by atoms with Crippen molar-refractivity contribution < 1.29 is 19.2 Å². The van der Waals surface area contributed by atoms with E-state index < -0.39 is 7.82 Å². The molecule has 0 saturated heterocycles. The summed E-state index contributed by atoms with van der Waals surface area (Å²) in [7, 11) is -4.64. The molecule has 0 aliphatic heterocycles. The fourth-order valence-electron chi connectivity index (χ4n) is 0.973. The van der Waals surface area contributed by atoms with Crippen LogP contribution in [0.1, 0.15) is 39.5 Å². The van der Waals surface area contributed by atoms with E-state index in [1.54, 1.807) is 0 Å². The van der Waals surface area contributed by atoms with Crippen LogP contribution in [0.2, 0.25) is 0 Å². The summed E-state index contributed by atoms with van der Waals surface area (Å²) in [6.45, 7) is 4.22. The Balaban J connectivity index is 0. The molecule has 0 amide bonds. The lowest BCUT2D eigenvalue weighted by atomic mass is 10.1. The first kappa shape index (κ1) is 17.2. The molecule has 0 aromatic rings. The van der Waals surface area contributed by atoms with E-state index in [1.165, 1.54) is 19.3 Å². The lowest BCUT2D eigenvalue weighted by molar-refractivity contribution is 0.275. The normalized spacial score (nSPS) is 13.5. The summed E-state index contributed by atoms with van der Waals surface area (Å²) >= 11 is 0. The predicted molar refractivity (Wildman–Crippen MR) is 61.2 cm³/mol. The van der Waals surface area contributed by atoms with Crippen LogP contribution in [0.5, 0.6) is 0 Å². The standard InChI is InChI=1S/C9H19N.H3O4P/c1-3-5-6-8-9(10)7-4-2;1-5(2,3)4/h4,7,9H,3,5-6,8,10H2,1-2H3;(H3,1,2,3,4).